The van der Waals surface area contributed by atoms with Gasteiger partial charge in [0.25, 0.3) is 0 Å². The standard InChI is InChI=1S/C9H7Cl2NOS/c10-6-2-1-5(3-7(6)11)9-12-8(13)4-14-9/h1-3,9H,4H2,(H,12,13)/t9-/m0/s1. The summed E-state index contributed by atoms with van der Waals surface area (Å²) in [4.78, 5) is 11.0. The second-order valence-corrected chi connectivity index (χ2v) is 4.84. The average Bonchev–Trinajstić information content (AvgIpc) is 2.57. The predicted molar refractivity (Wildman–Crippen MR) is 59.8 cm³/mol. The summed E-state index contributed by atoms with van der Waals surface area (Å²) in [6.07, 6.45) is 0. The van der Waals surface area contributed by atoms with Gasteiger partial charge >= 0.3 is 0 Å². The average molecular weight is 248 g/mol. The SMILES string of the molecule is O=C1CS[C@@H](c2ccc(Cl)c(Cl)c2)N1. The first-order valence-electron chi connectivity index (χ1n) is 4.03. The summed E-state index contributed by atoms with van der Waals surface area (Å²) >= 11 is 13.2. The molecule has 74 valence electrons. The minimum atomic E-state index is 0.0114. The highest BCUT2D eigenvalue weighted by molar-refractivity contribution is 8.00. The summed E-state index contributed by atoms with van der Waals surface area (Å²) in [5, 5.41) is 3.90. The molecule has 1 N–H and O–H groups in total. The lowest BCUT2D eigenvalue weighted by atomic mass is 10.2. The van der Waals surface area contributed by atoms with Crippen LogP contribution in [0.3, 0.4) is 0 Å². The van der Waals surface area contributed by atoms with Crippen LogP contribution in [0.2, 0.25) is 10.0 Å². The zero-order chi connectivity index (χ0) is 10.1. The van der Waals surface area contributed by atoms with Crippen LogP contribution in [0.25, 0.3) is 0 Å². The summed E-state index contributed by atoms with van der Waals surface area (Å²) < 4.78 is 0. The van der Waals surface area contributed by atoms with Gasteiger partial charge in [0.1, 0.15) is 5.37 Å². The van der Waals surface area contributed by atoms with Crippen molar-refractivity contribution in [1.29, 1.82) is 0 Å². The fourth-order valence-corrected chi connectivity index (χ4v) is 2.51. The van der Waals surface area contributed by atoms with E-state index in [4.69, 9.17) is 23.2 Å². The normalized spacial score (nSPS) is 21.0. The maximum atomic E-state index is 11.0. The van der Waals surface area contributed by atoms with Crippen LogP contribution < -0.4 is 5.32 Å². The highest BCUT2D eigenvalue weighted by Crippen LogP contribution is 2.33. The molecular weight excluding hydrogens is 241 g/mol. The van der Waals surface area contributed by atoms with Gasteiger partial charge in [-0.2, -0.15) is 0 Å². The Morgan fingerprint density at radius 3 is 2.71 bits per heavy atom. The fraction of sp³-hybridized carbons (Fsp3) is 0.222. The molecule has 1 aliphatic heterocycles. The number of hydrogen-bond acceptors (Lipinski definition) is 2. The minimum Gasteiger partial charge on any atom is -0.339 e. The summed E-state index contributed by atoms with van der Waals surface area (Å²) in [5.74, 6) is 0.566. The molecule has 0 bridgehead atoms. The Labute approximate surface area is 96.0 Å². The van der Waals surface area contributed by atoms with Gasteiger partial charge in [0.15, 0.2) is 0 Å². The molecule has 0 unspecified atom stereocenters. The summed E-state index contributed by atoms with van der Waals surface area (Å²) in [6, 6.07) is 5.40. The quantitative estimate of drug-likeness (QED) is 0.827. The number of benzene rings is 1. The second kappa shape index (κ2) is 4.01. The molecule has 2 rings (SSSR count). The van der Waals surface area contributed by atoms with Crippen molar-refractivity contribution in [1.82, 2.24) is 5.32 Å². The number of amides is 1. The van der Waals surface area contributed by atoms with Gasteiger partial charge in [0.05, 0.1) is 15.8 Å². The van der Waals surface area contributed by atoms with Gasteiger partial charge in [-0.05, 0) is 17.7 Å². The molecule has 0 aromatic heterocycles. The molecule has 1 fully saturated rings. The smallest absolute Gasteiger partial charge is 0.231 e. The molecule has 1 saturated heterocycles. The molecule has 2 nitrogen and oxygen atoms in total. The highest BCUT2D eigenvalue weighted by Gasteiger charge is 2.23. The molecule has 0 spiro atoms. The molecule has 0 aliphatic carbocycles. The van der Waals surface area contributed by atoms with Gasteiger partial charge in [-0.3, -0.25) is 4.79 Å². The Hall–Kier alpha value is -0.380. The van der Waals surface area contributed by atoms with E-state index in [1.54, 1.807) is 23.9 Å². The van der Waals surface area contributed by atoms with Crippen LogP contribution in [0, 0.1) is 0 Å². The van der Waals surface area contributed by atoms with E-state index in [-0.39, 0.29) is 11.3 Å². The van der Waals surface area contributed by atoms with Gasteiger partial charge in [-0.15, -0.1) is 11.8 Å². The third-order valence-electron chi connectivity index (χ3n) is 1.92. The lowest BCUT2D eigenvalue weighted by molar-refractivity contribution is -0.118. The highest BCUT2D eigenvalue weighted by atomic mass is 35.5. The van der Waals surface area contributed by atoms with Crippen molar-refractivity contribution in [3.8, 4) is 0 Å². The largest absolute Gasteiger partial charge is 0.339 e. The van der Waals surface area contributed by atoms with Crippen molar-refractivity contribution in [3.05, 3.63) is 33.8 Å². The van der Waals surface area contributed by atoms with Crippen LogP contribution >= 0.6 is 35.0 Å². The first-order valence-corrected chi connectivity index (χ1v) is 5.83. The molecule has 1 heterocycles. The van der Waals surface area contributed by atoms with E-state index in [9.17, 15) is 4.79 Å². The molecule has 1 atom stereocenters. The number of halogens is 2. The molecule has 0 radical (unpaired) electrons. The van der Waals surface area contributed by atoms with E-state index in [2.05, 4.69) is 5.32 Å². The lowest BCUT2D eigenvalue weighted by Crippen LogP contribution is -2.18. The van der Waals surface area contributed by atoms with Crippen LogP contribution in [0.15, 0.2) is 18.2 Å². The summed E-state index contributed by atoms with van der Waals surface area (Å²) in [6.45, 7) is 0. The maximum absolute atomic E-state index is 11.0. The number of hydrogen-bond donors (Lipinski definition) is 1. The third kappa shape index (κ3) is 2.00. The van der Waals surface area contributed by atoms with Crippen LogP contribution in [-0.4, -0.2) is 11.7 Å². The van der Waals surface area contributed by atoms with E-state index in [1.807, 2.05) is 6.07 Å². The molecule has 1 amide bonds. The van der Waals surface area contributed by atoms with Crippen molar-refractivity contribution in [2.45, 2.75) is 5.37 Å². The minimum absolute atomic E-state index is 0.0114. The van der Waals surface area contributed by atoms with Crippen molar-refractivity contribution in [3.63, 3.8) is 0 Å². The van der Waals surface area contributed by atoms with Gasteiger partial charge < -0.3 is 5.32 Å². The molecular formula is C9H7Cl2NOS. The van der Waals surface area contributed by atoms with Crippen LogP contribution in [0.1, 0.15) is 10.9 Å². The van der Waals surface area contributed by atoms with E-state index >= 15 is 0 Å². The summed E-state index contributed by atoms with van der Waals surface area (Å²) in [5.41, 5.74) is 0.982. The third-order valence-corrected chi connectivity index (χ3v) is 3.81. The Kier molecular flexibility index (Phi) is 2.91. The van der Waals surface area contributed by atoms with E-state index in [0.717, 1.165) is 5.56 Å². The molecule has 5 heteroatoms. The topological polar surface area (TPSA) is 29.1 Å². The van der Waals surface area contributed by atoms with Crippen molar-refractivity contribution in [2.75, 3.05) is 5.75 Å². The zero-order valence-corrected chi connectivity index (χ0v) is 9.42. The van der Waals surface area contributed by atoms with Crippen molar-refractivity contribution >= 4 is 40.9 Å². The number of thioether (sulfide) groups is 1. The van der Waals surface area contributed by atoms with Crippen LogP contribution in [0.4, 0.5) is 0 Å². The Balaban J connectivity index is 2.24. The van der Waals surface area contributed by atoms with Gasteiger partial charge in [0.2, 0.25) is 5.91 Å². The Bertz CT molecular complexity index is 383. The van der Waals surface area contributed by atoms with Gasteiger partial charge in [0, 0.05) is 0 Å². The Morgan fingerprint density at radius 1 is 1.36 bits per heavy atom. The van der Waals surface area contributed by atoms with Gasteiger partial charge in [-0.1, -0.05) is 29.3 Å². The molecule has 1 aliphatic rings. The van der Waals surface area contributed by atoms with E-state index < -0.39 is 0 Å². The molecule has 0 saturated carbocycles. The number of rotatable bonds is 1. The van der Waals surface area contributed by atoms with Crippen LogP contribution in [-0.2, 0) is 4.79 Å². The zero-order valence-electron chi connectivity index (χ0n) is 7.09. The van der Waals surface area contributed by atoms with Crippen molar-refractivity contribution in [2.24, 2.45) is 0 Å². The fourth-order valence-electron chi connectivity index (χ4n) is 1.24. The van der Waals surface area contributed by atoms with Gasteiger partial charge in [-0.25, -0.2) is 0 Å². The van der Waals surface area contributed by atoms with E-state index in [1.165, 1.54) is 0 Å². The van der Waals surface area contributed by atoms with E-state index in [0.29, 0.717) is 15.8 Å². The predicted octanol–water partition coefficient (Wildman–Crippen LogP) is 2.86. The first-order chi connectivity index (χ1) is 6.66. The Morgan fingerprint density at radius 2 is 2.14 bits per heavy atom. The number of carbonyl (C=O) groups is 1. The first kappa shape index (κ1) is 10.1. The molecule has 1 aromatic carbocycles. The molecule has 14 heavy (non-hydrogen) atoms. The number of nitrogens with one attached hydrogen (secondary N) is 1. The van der Waals surface area contributed by atoms with Crippen LogP contribution in [0.5, 0.6) is 0 Å². The summed E-state index contributed by atoms with van der Waals surface area (Å²) in [7, 11) is 0. The maximum Gasteiger partial charge on any atom is 0.231 e. The lowest BCUT2D eigenvalue weighted by Gasteiger charge is -2.09. The second-order valence-electron chi connectivity index (χ2n) is 2.93. The number of carbonyl (C=O) groups excluding carboxylic acids is 1. The van der Waals surface area contributed by atoms with Crippen molar-refractivity contribution < 1.29 is 4.79 Å². The monoisotopic (exact) mass is 247 g/mol. The molecule has 1 aromatic rings.